The van der Waals surface area contributed by atoms with E-state index in [0.29, 0.717) is 12.2 Å². The number of thioether (sulfide) groups is 1. The fraction of sp³-hybridized carbons (Fsp3) is 0.500. The molecule has 0 radical (unpaired) electrons. The summed E-state index contributed by atoms with van der Waals surface area (Å²) in [5, 5.41) is 12.0. The number of aryl methyl sites for hydroxylation is 1. The van der Waals surface area contributed by atoms with Gasteiger partial charge in [-0.25, -0.2) is 0 Å². The number of amides is 1. The number of benzene rings is 1. The Kier molecular flexibility index (Phi) is 5.67. The van der Waals surface area contributed by atoms with E-state index in [1.807, 2.05) is 6.92 Å². The first-order valence-corrected chi connectivity index (χ1v) is 8.37. The van der Waals surface area contributed by atoms with Crippen LogP contribution in [0.15, 0.2) is 24.3 Å². The molecule has 2 unspecified atom stereocenters. The molecular weight excluding hydrogens is 286 g/mol. The summed E-state index contributed by atoms with van der Waals surface area (Å²) in [6, 6.07) is 8.06. The molecule has 2 atom stereocenters. The van der Waals surface area contributed by atoms with Gasteiger partial charge in [-0.3, -0.25) is 9.59 Å². The predicted molar refractivity (Wildman–Crippen MR) is 84.2 cm³/mol. The van der Waals surface area contributed by atoms with E-state index in [1.165, 1.54) is 11.1 Å². The maximum absolute atomic E-state index is 11.9. The van der Waals surface area contributed by atoms with E-state index in [-0.39, 0.29) is 11.9 Å². The third-order valence-corrected chi connectivity index (χ3v) is 4.81. The van der Waals surface area contributed by atoms with Crippen molar-refractivity contribution in [2.45, 2.75) is 38.0 Å². The number of carboxylic acid groups (broad SMARTS) is 1. The first-order chi connectivity index (χ1) is 10.1. The molecular formula is C16H21NO3S. The number of carboxylic acids is 1. The molecule has 5 heteroatoms. The average Bonchev–Trinajstić information content (AvgIpc) is 2.89. The van der Waals surface area contributed by atoms with Gasteiger partial charge in [-0.1, -0.05) is 36.2 Å². The van der Waals surface area contributed by atoms with Gasteiger partial charge in [-0.2, -0.15) is 0 Å². The topological polar surface area (TPSA) is 66.4 Å². The zero-order valence-electron chi connectivity index (χ0n) is 12.2. The minimum atomic E-state index is -0.801. The molecule has 1 saturated carbocycles. The summed E-state index contributed by atoms with van der Waals surface area (Å²) in [7, 11) is 0. The van der Waals surface area contributed by atoms with E-state index in [0.717, 1.165) is 18.6 Å². The molecule has 21 heavy (non-hydrogen) atoms. The van der Waals surface area contributed by atoms with Crippen LogP contribution in [0.4, 0.5) is 0 Å². The summed E-state index contributed by atoms with van der Waals surface area (Å²) in [5.74, 6) is -0.122. The third-order valence-electron chi connectivity index (χ3n) is 3.80. The Bertz CT molecular complexity index is 501. The fourth-order valence-corrected chi connectivity index (χ4v) is 3.42. The second-order valence-electron chi connectivity index (χ2n) is 5.53. The summed E-state index contributed by atoms with van der Waals surface area (Å²) in [4.78, 5) is 23.0. The van der Waals surface area contributed by atoms with Gasteiger partial charge in [0, 0.05) is 11.8 Å². The number of hydrogen-bond donors (Lipinski definition) is 2. The second kappa shape index (κ2) is 7.50. The minimum Gasteiger partial charge on any atom is -0.481 e. The standard InChI is InChI=1S/C16H21NO3S/c1-11-5-7-12(8-6-11)9-21-10-15(18)17-14-4-2-3-13(14)16(19)20/h5-8,13-14H,2-4,9-10H2,1H3,(H,17,18)(H,19,20). The molecule has 1 aliphatic rings. The van der Waals surface area contributed by atoms with Crippen LogP contribution < -0.4 is 5.32 Å². The quantitative estimate of drug-likeness (QED) is 0.848. The second-order valence-corrected chi connectivity index (χ2v) is 6.51. The van der Waals surface area contributed by atoms with Gasteiger partial charge in [0.15, 0.2) is 0 Å². The Hall–Kier alpha value is -1.49. The van der Waals surface area contributed by atoms with Crippen molar-refractivity contribution in [3.8, 4) is 0 Å². The van der Waals surface area contributed by atoms with Crippen molar-refractivity contribution in [2.75, 3.05) is 5.75 Å². The van der Waals surface area contributed by atoms with Gasteiger partial charge < -0.3 is 10.4 Å². The summed E-state index contributed by atoms with van der Waals surface area (Å²) < 4.78 is 0. The zero-order chi connectivity index (χ0) is 15.2. The van der Waals surface area contributed by atoms with Crippen LogP contribution in [0, 0.1) is 12.8 Å². The van der Waals surface area contributed by atoms with Gasteiger partial charge >= 0.3 is 5.97 Å². The predicted octanol–water partition coefficient (Wildman–Crippen LogP) is 2.60. The summed E-state index contributed by atoms with van der Waals surface area (Å²) in [6.07, 6.45) is 2.31. The van der Waals surface area contributed by atoms with Crippen molar-refractivity contribution in [1.29, 1.82) is 0 Å². The molecule has 0 aliphatic heterocycles. The monoisotopic (exact) mass is 307 g/mol. The van der Waals surface area contributed by atoms with Crippen LogP contribution in [0.2, 0.25) is 0 Å². The smallest absolute Gasteiger partial charge is 0.308 e. The maximum Gasteiger partial charge on any atom is 0.308 e. The summed E-state index contributed by atoms with van der Waals surface area (Å²) in [5.41, 5.74) is 2.42. The molecule has 114 valence electrons. The Morgan fingerprint density at radius 1 is 1.29 bits per heavy atom. The zero-order valence-corrected chi connectivity index (χ0v) is 13.0. The molecule has 1 aromatic carbocycles. The molecule has 0 spiro atoms. The van der Waals surface area contributed by atoms with E-state index in [9.17, 15) is 9.59 Å². The van der Waals surface area contributed by atoms with Gasteiger partial charge in [0.1, 0.15) is 0 Å². The highest BCUT2D eigenvalue weighted by Crippen LogP contribution is 2.26. The number of rotatable bonds is 6. The van der Waals surface area contributed by atoms with Gasteiger partial charge in [-0.15, -0.1) is 11.8 Å². The highest BCUT2D eigenvalue weighted by Gasteiger charge is 2.33. The molecule has 0 saturated heterocycles. The van der Waals surface area contributed by atoms with Crippen molar-refractivity contribution in [2.24, 2.45) is 5.92 Å². The highest BCUT2D eigenvalue weighted by atomic mass is 32.2. The van der Waals surface area contributed by atoms with Crippen LogP contribution in [0.3, 0.4) is 0 Å². The van der Waals surface area contributed by atoms with E-state index in [4.69, 9.17) is 5.11 Å². The van der Waals surface area contributed by atoms with E-state index in [1.54, 1.807) is 11.8 Å². The Morgan fingerprint density at radius 3 is 2.67 bits per heavy atom. The molecule has 2 rings (SSSR count). The van der Waals surface area contributed by atoms with Gasteiger partial charge in [0.2, 0.25) is 5.91 Å². The molecule has 1 aliphatic carbocycles. The maximum atomic E-state index is 11.9. The SMILES string of the molecule is Cc1ccc(CSCC(=O)NC2CCCC2C(=O)O)cc1. The molecule has 0 heterocycles. The van der Waals surface area contributed by atoms with Crippen molar-refractivity contribution >= 4 is 23.6 Å². The minimum absolute atomic E-state index is 0.0646. The van der Waals surface area contributed by atoms with E-state index in [2.05, 4.69) is 29.6 Å². The lowest BCUT2D eigenvalue weighted by Crippen LogP contribution is -2.41. The Labute approximate surface area is 129 Å². The van der Waals surface area contributed by atoms with Gasteiger partial charge in [0.05, 0.1) is 11.7 Å². The number of aliphatic carboxylic acids is 1. The lowest BCUT2D eigenvalue weighted by Gasteiger charge is -2.17. The lowest BCUT2D eigenvalue weighted by molar-refractivity contribution is -0.142. The number of carbonyl (C=O) groups excluding carboxylic acids is 1. The van der Waals surface area contributed by atoms with Crippen LogP contribution in [0.25, 0.3) is 0 Å². The molecule has 1 aromatic rings. The average molecular weight is 307 g/mol. The highest BCUT2D eigenvalue weighted by molar-refractivity contribution is 7.99. The Balaban J connectivity index is 1.72. The third kappa shape index (κ3) is 4.77. The number of carbonyl (C=O) groups is 2. The summed E-state index contributed by atoms with van der Waals surface area (Å²) in [6.45, 7) is 2.05. The van der Waals surface area contributed by atoms with Crippen LogP contribution in [0.1, 0.15) is 30.4 Å². The van der Waals surface area contributed by atoms with Crippen LogP contribution in [-0.4, -0.2) is 28.8 Å². The molecule has 1 fully saturated rings. The van der Waals surface area contributed by atoms with Crippen molar-refractivity contribution in [1.82, 2.24) is 5.32 Å². The fourth-order valence-electron chi connectivity index (χ4n) is 2.62. The van der Waals surface area contributed by atoms with Crippen LogP contribution in [-0.2, 0) is 15.3 Å². The molecule has 2 N–H and O–H groups in total. The first kappa shape index (κ1) is 15.9. The Morgan fingerprint density at radius 2 is 2.00 bits per heavy atom. The van der Waals surface area contributed by atoms with E-state index >= 15 is 0 Å². The lowest BCUT2D eigenvalue weighted by atomic mass is 10.0. The summed E-state index contributed by atoms with van der Waals surface area (Å²) >= 11 is 1.55. The molecule has 0 aromatic heterocycles. The van der Waals surface area contributed by atoms with Crippen LogP contribution in [0.5, 0.6) is 0 Å². The van der Waals surface area contributed by atoms with Crippen LogP contribution >= 0.6 is 11.8 Å². The normalized spacial score (nSPS) is 21.2. The molecule has 1 amide bonds. The number of hydrogen-bond acceptors (Lipinski definition) is 3. The largest absolute Gasteiger partial charge is 0.481 e. The van der Waals surface area contributed by atoms with Gasteiger partial charge in [0.25, 0.3) is 0 Å². The van der Waals surface area contributed by atoms with Crippen molar-refractivity contribution < 1.29 is 14.7 Å². The number of nitrogens with one attached hydrogen (secondary N) is 1. The van der Waals surface area contributed by atoms with Crippen molar-refractivity contribution in [3.05, 3.63) is 35.4 Å². The van der Waals surface area contributed by atoms with E-state index < -0.39 is 11.9 Å². The molecule has 4 nitrogen and oxygen atoms in total. The van der Waals surface area contributed by atoms with Crippen molar-refractivity contribution in [3.63, 3.8) is 0 Å². The first-order valence-electron chi connectivity index (χ1n) is 7.21. The van der Waals surface area contributed by atoms with Gasteiger partial charge in [-0.05, 0) is 25.3 Å². The molecule has 0 bridgehead atoms.